The Hall–Kier alpha value is -0.120. The van der Waals surface area contributed by atoms with Crippen LogP contribution in [0.1, 0.15) is 51.9 Å². The third-order valence-electron chi connectivity index (χ3n) is 5.12. The molecule has 3 heteroatoms. The van der Waals surface area contributed by atoms with E-state index in [0.717, 1.165) is 44.6 Å². The van der Waals surface area contributed by atoms with E-state index in [0.29, 0.717) is 6.04 Å². The van der Waals surface area contributed by atoms with E-state index in [1.807, 2.05) is 0 Å². The lowest BCUT2D eigenvalue weighted by molar-refractivity contribution is -0.0912. The number of hydrogen-bond donors (Lipinski definition) is 1. The van der Waals surface area contributed by atoms with Gasteiger partial charge in [-0.05, 0) is 31.6 Å². The normalized spacial score (nSPS) is 45.5. The van der Waals surface area contributed by atoms with E-state index in [1.54, 1.807) is 0 Å². The summed E-state index contributed by atoms with van der Waals surface area (Å²) >= 11 is 0. The van der Waals surface area contributed by atoms with Gasteiger partial charge in [0.1, 0.15) is 0 Å². The second-order valence-electron chi connectivity index (χ2n) is 6.56. The molecule has 3 rings (SSSR count). The van der Waals surface area contributed by atoms with Crippen LogP contribution in [0.2, 0.25) is 0 Å². The van der Waals surface area contributed by atoms with Crippen molar-refractivity contribution in [2.75, 3.05) is 19.8 Å². The molecule has 0 aromatic rings. The van der Waals surface area contributed by atoms with Crippen LogP contribution in [-0.2, 0) is 9.47 Å². The molecule has 1 aliphatic carbocycles. The average molecular weight is 253 g/mol. The van der Waals surface area contributed by atoms with Crippen molar-refractivity contribution in [3.63, 3.8) is 0 Å². The minimum absolute atomic E-state index is 0.0494. The standard InChI is InChI=1S/C15H27NO2/c1-12-4-2-3-5-14(12)16-13-6-8-18-15(10-13)7-9-17-11-15/h12-14,16H,2-11H2,1H3. The third kappa shape index (κ3) is 2.73. The lowest BCUT2D eigenvalue weighted by Gasteiger charge is -2.41. The van der Waals surface area contributed by atoms with Crippen LogP contribution in [0.5, 0.6) is 0 Å². The molecule has 18 heavy (non-hydrogen) atoms. The summed E-state index contributed by atoms with van der Waals surface area (Å²) in [5.41, 5.74) is 0.0494. The van der Waals surface area contributed by atoms with Crippen molar-refractivity contribution in [2.45, 2.75) is 69.6 Å². The van der Waals surface area contributed by atoms with Crippen LogP contribution < -0.4 is 5.32 Å². The van der Waals surface area contributed by atoms with Crippen LogP contribution in [0, 0.1) is 5.92 Å². The molecule has 4 atom stereocenters. The summed E-state index contributed by atoms with van der Waals surface area (Å²) in [5, 5.41) is 3.92. The van der Waals surface area contributed by atoms with Gasteiger partial charge >= 0.3 is 0 Å². The van der Waals surface area contributed by atoms with Gasteiger partial charge in [0.25, 0.3) is 0 Å². The predicted octanol–water partition coefficient (Wildman–Crippen LogP) is 2.49. The Morgan fingerprint density at radius 1 is 1.11 bits per heavy atom. The number of ether oxygens (including phenoxy) is 2. The van der Waals surface area contributed by atoms with Crippen LogP contribution in [0.3, 0.4) is 0 Å². The van der Waals surface area contributed by atoms with Crippen LogP contribution in [0.25, 0.3) is 0 Å². The maximum absolute atomic E-state index is 6.01. The highest BCUT2D eigenvalue weighted by Gasteiger charge is 2.41. The molecule has 1 saturated carbocycles. The Labute approximate surface area is 111 Å². The average Bonchev–Trinajstić information content (AvgIpc) is 2.80. The molecule has 0 aromatic carbocycles. The summed E-state index contributed by atoms with van der Waals surface area (Å²) in [6.07, 6.45) is 8.99. The van der Waals surface area contributed by atoms with E-state index in [9.17, 15) is 0 Å². The van der Waals surface area contributed by atoms with Gasteiger partial charge in [0.15, 0.2) is 0 Å². The maximum Gasteiger partial charge on any atom is 0.0951 e. The highest BCUT2D eigenvalue weighted by molar-refractivity contribution is 4.94. The van der Waals surface area contributed by atoms with E-state index in [-0.39, 0.29) is 5.60 Å². The number of nitrogens with one attached hydrogen (secondary N) is 1. The molecule has 2 aliphatic heterocycles. The fraction of sp³-hybridized carbons (Fsp3) is 1.00. The molecule has 0 radical (unpaired) electrons. The Balaban J connectivity index is 1.55. The smallest absolute Gasteiger partial charge is 0.0951 e. The van der Waals surface area contributed by atoms with E-state index >= 15 is 0 Å². The molecule has 2 heterocycles. The first-order valence-corrected chi connectivity index (χ1v) is 7.75. The van der Waals surface area contributed by atoms with Gasteiger partial charge in [-0.25, -0.2) is 0 Å². The molecule has 3 aliphatic rings. The van der Waals surface area contributed by atoms with Crippen LogP contribution >= 0.6 is 0 Å². The highest BCUT2D eigenvalue weighted by Crippen LogP contribution is 2.34. The summed E-state index contributed by atoms with van der Waals surface area (Å²) in [5.74, 6) is 0.845. The Morgan fingerprint density at radius 3 is 2.78 bits per heavy atom. The fourth-order valence-electron chi connectivity index (χ4n) is 3.90. The van der Waals surface area contributed by atoms with Gasteiger partial charge in [0, 0.05) is 31.7 Å². The second kappa shape index (κ2) is 5.48. The van der Waals surface area contributed by atoms with Gasteiger partial charge in [0.2, 0.25) is 0 Å². The number of rotatable bonds is 2. The van der Waals surface area contributed by atoms with Crippen LogP contribution in [-0.4, -0.2) is 37.5 Å². The monoisotopic (exact) mass is 253 g/mol. The second-order valence-corrected chi connectivity index (χ2v) is 6.56. The minimum Gasteiger partial charge on any atom is -0.378 e. The molecule has 0 amide bonds. The first-order chi connectivity index (χ1) is 8.77. The van der Waals surface area contributed by atoms with E-state index < -0.39 is 0 Å². The quantitative estimate of drug-likeness (QED) is 0.820. The van der Waals surface area contributed by atoms with E-state index in [1.165, 1.54) is 32.1 Å². The summed E-state index contributed by atoms with van der Waals surface area (Å²) < 4.78 is 11.6. The molecule has 0 bridgehead atoms. The van der Waals surface area contributed by atoms with Crippen molar-refractivity contribution < 1.29 is 9.47 Å². The fourth-order valence-corrected chi connectivity index (χ4v) is 3.90. The maximum atomic E-state index is 6.01. The molecular weight excluding hydrogens is 226 g/mol. The SMILES string of the molecule is CC1CCCCC1NC1CCOC2(CCOC2)C1. The zero-order valence-electron chi connectivity index (χ0n) is 11.6. The topological polar surface area (TPSA) is 30.5 Å². The van der Waals surface area contributed by atoms with Crippen LogP contribution in [0.4, 0.5) is 0 Å². The lowest BCUT2D eigenvalue weighted by atomic mass is 9.83. The van der Waals surface area contributed by atoms with Gasteiger partial charge in [-0.2, -0.15) is 0 Å². The van der Waals surface area contributed by atoms with Crippen molar-refractivity contribution in [1.29, 1.82) is 0 Å². The van der Waals surface area contributed by atoms with E-state index in [4.69, 9.17) is 9.47 Å². The van der Waals surface area contributed by atoms with Gasteiger partial charge in [-0.3, -0.25) is 0 Å². The first-order valence-electron chi connectivity index (χ1n) is 7.75. The Morgan fingerprint density at radius 2 is 2.00 bits per heavy atom. The van der Waals surface area contributed by atoms with Crippen molar-refractivity contribution in [3.05, 3.63) is 0 Å². The molecular formula is C15H27NO2. The highest BCUT2D eigenvalue weighted by atomic mass is 16.6. The lowest BCUT2D eigenvalue weighted by Crippen LogP contribution is -2.51. The van der Waals surface area contributed by atoms with Crippen LogP contribution in [0.15, 0.2) is 0 Å². The van der Waals surface area contributed by atoms with E-state index in [2.05, 4.69) is 12.2 Å². The molecule has 4 unspecified atom stereocenters. The van der Waals surface area contributed by atoms with Gasteiger partial charge in [0.05, 0.1) is 12.2 Å². The zero-order chi connectivity index (χ0) is 12.4. The summed E-state index contributed by atoms with van der Waals surface area (Å²) in [4.78, 5) is 0. The first kappa shape index (κ1) is 12.9. The molecule has 1 spiro atoms. The Bertz CT molecular complexity index is 276. The Kier molecular flexibility index (Phi) is 3.92. The molecule has 2 saturated heterocycles. The van der Waals surface area contributed by atoms with Gasteiger partial charge < -0.3 is 14.8 Å². The van der Waals surface area contributed by atoms with Crippen molar-refractivity contribution in [2.24, 2.45) is 5.92 Å². The molecule has 1 N–H and O–H groups in total. The third-order valence-corrected chi connectivity index (χ3v) is 5.12. The minimum atomic E-state index is 0.0494. The number of hydrogen-bond acceptors (Lipinski definition) is 3. The predicted molar refractivity (Wildman–Crippen MR) is 71.7 cm³/mol. The van der Waals surface area contributed by atoms with Gasteiger partial charge in [-0.1, -0.05) is 19.8 Å². The summed E-state index contributed by atoms with van der Waals surface area (Å²) in [6.45, 7) is 5.00. The summed E-state index contributed by atoms with van der Waals surface area (Å²) in [7, 11) is 0. The van der Waals surface area contributed by atoms with Crippen molar-refractivity contribution in [3.8, 4) is 0 Å². The molecule has 3 fully saturated rings. The van der Waals surface area contributed by atoms with Crippen molar-refractivity contribution in [1.82, 2.24) is 5.32 Å². The largest absolute Gasteiger partial charge is 0.378 e. The van der Waals surface area contributed by atoms with Gasteiger partial charge in [-0.15, -0.1) is 0 Å². The molecule has 3 nitrogen and oxygen atoms in total. The molecule has 104 valence electrons. The molecule has 0 aromatic heterocycles. The van der Waals surface area contributed by atoms with Crippen molar-refractivity contribution >= 4 is 0 Å². The zero-order valence-corrected chi connectivity index (χ0v) is 11.6. The summed E-state index contributed by atoms with van der Waals surface area (Å²) in [6, 6.07) is 1.38.